The number of Topliss-reactive ketones (excluding diaryl/α,β-unsaturated/α-hetero) is 1. The molecule has 0 bridgehead atoms. The number of nitrogens with zero attached hydrogens (tertiary/aromatic N) is 5. The number of carbonyl (C=O) groups excluding carboxylic acids is 1. The lowest BCUT2D eigenvalue weighted by Gasteiger charge is -2.05. The molecule has 0 amide bonds. The zero-order valence-electron chi connectivity index (χ0n) is 17.2. The Balaban J connectivity index is 1.34. The van der Waals surface area contributed by atoms with E-state index in [1.54, 1.807) is 31.4 Å². The van der Waals surface area contributed by atoms with Crippen LogP contribution >= 0.6 is 11.8 Å². The largest absolute Gasteiger partial charge is 0.497 e. The Labute approximate surface area is 182 Å². The van der Waals surface area contributed by atoms with Gasteiger partial charge in [0.1, 0.15) is 17.8 Å². The number of ether oxygens (including phenoxy) is 2. The number of ketones is 1. The molecule has 1 aromatic carbocycles. The topological polar surface area (TPSA) is 121 Å². The van der Waals surface area contributed by atoms with Gasteiger partial charge in [-0.05, 0) is 44.2 Å². The molecular weight excluding hydrogens is 420 g/mol. The Hall–Kier alpha value is -3.60. The Kier molecular flexibility index (Phi) is 6.03. The minimum Gasteiger partial charge on any atom is -0.497 e. The maximum atomic E-state index is 12.7. The summed E-state index contributed by atoms with van der Waals surface area (Å²) in [7, 11) is 1.60. The van der Waals surface area contributed by atoms with Gasteiger partial charge in [0.05, 0.1) is 12.9 Å². The molecule has 31 heavy (non-hydrogen) atoms. The smallest absolute Gasteiger partial charge is 0.277 e. The number of aromatic amines is 1. The first-order valence-electron chi connectivity index (χ1n) is 9.35. The zero-order valence-corrected chi connectivity index (χ0v) is 18.0. The summed E-state index contributed by atoms with van der Waals surface area (Å²) in [5.74, 6) is 2.43. The fraction of sp³-hybridized carbons (Fsp3) is 0.250. The first kappa shape index (κ1) is 20.7. The molecule has 0 saturated heterocycles. The summed E-state index contributed by atoms with van der Waals surface area (Å²) in [6, 6.07) is 9.02. The number of hydrogen-bond donors (Lipinski definition) is 1. The zero-order chi connectivity index (χ0) is 21.8. The van der Waals surface area contributed by atoms with Gasteiger partial charge in [0.2, 0.25) is 5.95 Å². The van der Waals surface area contributed by atoms with E-state index in [0.717, 1.165) is 17.1 Å². The molecule has 3 heterocycles. The highest BCUT2D eigenvalue weighted by Gasteiger charge is 2.19. The second kappa shape index (κ2) is 9.04. The van der Waals surface area contributed by atoms with Crippen LogP contribution in [0, 0.1) is 13.8 Å². The van der Waals surface area contributed by atoms with Crippen LogP contribution in [0.4, 0.5) is 0 Å². The van der Waals surface area contributed by atoms with E-state index in [4.69, 9.17) is 13.9 Å². The molecule has 0 aliphatic rings. The number of aromatic nitrogens is 6. The van der Waals surface area contributed by atoms with Crippen molar-refractivity contribution in [2.45, 2.75) is 25.7 Å². The first-order valence-corrected chi connectivity index (χ1v) is 10.3. The van der Waals surface area contributed by atoms with Crippen LogP contribution < -0.4 is 9.47 Å². The van der Waals surface area contributed by atoms with Gasteiger partial charge in [0.25, 0.3) is 11.1 Å². The van der Waals surface area contributed by atoms with Gasteiger partial charge < -0.3 is 13.9 Å². The predicted octanol–water partition coefficient (Wildman–Crippen LogP) is 3.16. The van der Waals surface area contributed by atoms with Crippen LogP contribution in [0.15, 0.2) is 46.3 Å². The Morgan fingerprint density at radius 1 is 1.19 bits per heavy atom. The molecule has 11 heteroatoms. The van der Waals surface area contributed by atoms with Crippen molar-refractivity contribution in [2.75, 3.05) is 12.9 Å². The minimum atomic E-state index is -0.0434. The molecule has 0 unspecified atom stereocenters. The lowest BCUT2D eigenvalue weighted by Crippen LogP contribution is -2.06. The van der Waals surface area contributed by atoms with Gasteiger partial charge in [0.15, 0.2) is 12.4 Å². The lowest BCUT2D eigenvalue weighted by molar-refractivity contribution is 0.102. The van der Waals surface area contributed by atoms with E-state index in [1.807, 2.05) is 24.5 Å². The van der Waals surface area contributed by atoms with Gasteiger partial charge in [-0.2, -0.15) is 10.1 Å². The molecule has 160 valence electrons. The molecule has 1 N–H and O–H groups in total. The molecule has 0 atom stereocenters. The third-order valence-corrected chi connectivity index (χ3v) is 5.36. The van der Waals surface area contributed by atoms with Crippen LogP contribution in [0.25, 0.3) is 5.95 Å². The Morgan fingerprint density at radius 2 is 1.97 bits per heavy atom. The monoisotopic (exact) mass is 440 g/mol. The molecule has 10 nitrogen and oxygen atoms in total. The van der Waals surface area contributed by atoms with Crippen LogP contribution in [0.2, 0.25) is 0 Å². The van der Waals surface area contributed by atoms with Crippen molar-refractivity contribution in [2.24, 2.45) is 0 Å². The van der Waals surface area contributed by atoms with Crippen LogP contribution in [0.1, 0.15) is 27.6 Å². The van der Waals surface area contributed by atoms with Crippen LogP contribution in [0.3, 0.4) is 0 Å². The highest BCUT2D eigenvalue weighted by Crippen LogP contribution is 2.23. The number of methoxy groups -OCH3 is 1. The van der Waals surface area contributed by atoms with E-state index < -0.39 is 0 Å². The summed E-state index contributed by atoms with van der Waals surface area (Å²) < 4.78 is 18.2. The second-order valence-electron chi connectivity index (χ2n) is 6.57. The number of thioether (sulfide) groups is 1. The van der Waals surface area contributed by atoms with E-state index in [9.17, 15) is 4.79 Å². The number of rotatable bonds is 9. The summed E-state index contributed by atoms with van der Waals surface area (Å²) in [4.78, 5) is 16.9. The third kappa shape index (κ3) is 4.61. The van der Waals surface area contributed by atoms with Gasteiger partial charge in [-0.25, -0.2) is 5.10 Å². The van der Waals surface area contributed by atoms with E-state index in [1.165, 1.54) is 18.1 Å². The highest BCUT2D eigenvalue weighted by atomic mass is 32.2. The molecule has 0 aliphatic heterocycles. The fourth-order valence-electron chi connectivity index (χ4n) is 3.05. The second-order valence-corrected chi connectivity index (χ2v) is 7.49. The highest BCUT2D eigenvalue weighted by molar-refractivity contribution is 7.99. The standard InChI is InChI=1S/C20H20N6O4S/c1-12-8-16(13(2)26(12)19-21-11-22-24-19)17(27)10-31-20-25-23-18(30-20)9-29-15-6-4-14(28-3)5-7-15/h4-8,11H,9-10H2,1-3H3,(H,21,22,24). The van der Waals surface area contributed by atoms with Crippen molar-refractivity contribution in [3.8, 4) is 17.4 Å². The van der Waals surface area contributed by atoms with Gasteiger partial charge in [-0.3, -0.25) is 9.36 Å². The Morgan fingerprint density at radius 3 is 2.68 bits per heavy atom. The maximum absolute atomic E-state index is 12.7. The van der Waals surface area contributed by atoms with E-state index in [-0.39, 0.29) is 18.1 Å². The number of H-pyrrole nitrogens is 1. The van der Waals surface area contributed by atoms with Gasteiger partial charge in [0, 0.05) is 17.0 Å². The quantitative estimate of drug-likeness (QED) is 0.309. The molecule has 0 radical (unpaired) electrons. The maximum Gasteiger partial charge on any atom is 0.277 e. The molecular formula is C20H20N6O4S. The number of carbonyl (C=O) groups is 1. The average molecular weight is 440 g/mol. The number of aryl methyl sites for hydroxylation is 1. The van der Waals surface area contributed by atoms with Crippen molar-refractivity contribution < 1.29 is 18.7 Å². The van der Waals surface area contributed by atoms with Crippen molar-refractivity contribution >= 4 is 17.5 Å². The average Bonchev–Trinajstić information content (AvgIpc) is 3.52. The summed E-state index contributed by atoms with van der Waals surface area (Å²) in [6.45, 7) is 3.91. The number of benzene rings is 1. The van der Waals surface area contributed by atoms with E-state index >= 15 is 0 Å². The summed E-state index contributed by atoms with van der Waals surface area (Å²) in [5.41, 5.74) is 2.29. The summed E-state index contributed by atoms with van der Waals surface area (Å²) in [5, 5.41) is 14.9. The molecule has 0 aliphatic carbocycles. The lowest BCUT2D eigenvalue weighted by atomic mass is 10.2. The summed E-state index contributed by atoms with van der Waals surface area (Å²) >= 11 is 1.19. The molecule has 0 saturated carbocycles. The van der Waals surface area contributed by atoms with Crippen LogP contribution in [-0.2, 0) is 6.61 Å². The van der Waals surface area contributed by atoms with Gasteiger partial charge in [-0.1, -0.05) is 11.8 Å². The first-order chi connectivity index (χ1) is 15.0. The van der Waals surface area contributed by atoms with Crippen molar-refractivity contribution in [1.29, 1.82) is 0 Å². The van der Waals surface area contributed by atoms with Crippen molar-refractivity contribution in [1.82, 2.24) is 29.9 Å². The number of hydrogen-bond acceptors (Lipinski definition) is 9. The summed E-state index contributed by atoms with van der Waals surface area (Å²) in [6.07, 6.45) is 1.43. The van der Waals surface area contributed by atoms with Gasteiger partial charge in [-0.15, -0.1) is 10.2 Å². The van der Waals surface area contributed by atoms with E-state index in [0.29, 0.717) is 28.4 Å². The molecule has 0 spiro atoms. The third-order valence-electron chi connectivity index (χ3n) is 4.54. The minimum absolute atomic E-state index is 0.0434. The SMILES string of the molecule is COc1ccc(OCc2nnc(SCC(=O)c3cc(C)n(-c4ncn[nH]4)c3C)o2)cc1. The number of nitrogens with one attached hydrogen (secondary N) is 1. The molecule has 3 aromatic heterocycles. The van der Waals surface area contributed by atoms with Crippen molar-refractivity contribution in [3.63, 3.8) is 0 Å². The normalized spacial score (nSPS) is 10.9. The molecule has 4 aromatic rings. The van der Waals surface area contributed by atoms with Crippen LogP contribution in [0.5, 0.6) is 11.5 Å². The van der Waals surface area contributed by atoms with E-state index in [2.05, 4.69) is 25.4 Å². The molecule has 4 rings (SSSR count). The van der Waals surface area contributed by atoms with Crippen LogP contribution in [-0.4, -0.2) is 48.6 Å². The Bertz CT molecular complexity index is 1170. The molecule has 0 fully saturated rings. The predicted molar refractivity (Wildman–Crippen MR) is 112 cm³/mol. The fourth-order valence-corrected chi connectivity index (χ4v) is 3.72. The van der Waals surface area contributed by atoms with Gasteiger partial charge >= 0.3 is 0 Å². The van der Waals surface area contributed by atoms with Crippen molar-refractivity contribution in [3.05, 3.63) is 59.5 Å².